The number of hydrogen-bond acceptors (Lipinski definition) is 6. The van der Waals surface area contributed by atoms with Crippen molar-refractivity contribution in [3.63, 3.8) is 0 Å². The van der Waals surface area contributed by atoms with Gasteiger partial charge in [0.25, 0.3) is 11.8 Å². The lowest BCUT2D eigenvalue weighted by atomic mass is 9.97. The van der Waals surface area contributed by atoms with Crippen LogP contribution in [0.25, 0.3) is 0 Å². The fraction of sp³-hybridized carbons (Fsp3) is 0.400. The smallest absolute Gasteiger partial charge is 0.327 e. The normalized spacial score (nSPS) is 18.9. The zero-order valence-corrected chi connectivity index (χ0v) is 20.4. The van der Waals surface area contributed by atoms with Crippen molar-refractivity contribution in [2.75, 3.05) is 5.88 Å². The van der Waals surface area contributed by atoms with Crippen molar-refractivity contribution in [1.29, 1.82) is 0 Å². The first-order valence-electron chi connectivity index (χ1n) is 10.9. The van der Waals surface area contributed by atoms with Gasteiger partial charge in [0.1, 0.15) is 11.8 Å². The van der Waals surface area contributed by atoms with Gasteiger partial charge in [-0.25, -0.2) is 4.79 Å². The van der Waals surface area contributed by atoms with E-state index < -0.39 is 40.7 Å². The number of nitrogens with one attached hydrogen (secondary N) is 1. The Balaban J connectivity index is 1.90. The van der Waals surface area contributed by atoms with Crippen molar-refractivity contribution in [2.24, 2.45) is 0 Å². The predicted octanol–water partition coefficient (Wildman–Crippen LogP) is 2.48. The quantitative estimate of drug-likeness (QED) is 0.473. The van der Waals surface area contributed by atoms with Crippen LogP contribution in [0.15, 0.2) is 42.5 Å². The van der Waals surface area contributed by atoms with Gasteiger partial charge in [-0.3, -0.25) is 9.59 Å². The molecule has 1 aliphatic heterocycles. The van der Waals surface area contributed by atoms with Crippen molar-refractivity contribution in [1.82, 2.24) is 10.2 Å². The van der Waals surface area contributed by atoms with Gasteiger partial charge in [0.05, 0.1) is 11.9 Å². The maximum atomic E-state index is 13.3. The summed E-state index contributed by atoms with van der Waals surface area (Å²) >= 11 is 1.32. The van der Waals surface area contributed by atoms with Crippen molar-refractivity contribution in [2.45, 2.75) is 57.1 Å². The molecule has 34 heavy (non-hydrogen) atoms. The van der Waals surface area contributed by atoms with E-state index in [1.165, 1.54) is 11.8 Å². The molecule has 2 aromatic carbocycles. The van der Waals surface area contributed by atoms with Gasteiger partial charge in [-0.1, -0.05) is 36.4 Å². The summed E-state index contributed by atoms with van der Waals surface area (Å²) in [6.45, 7) is 6.82. The monoisotopic (exact) mass is 486 g/mol. The Morgan fingerprint density at radius 2 is 1.79 bits per heavy atom. The molecule has 1 fully saturated rings. The van der Waals surface area contributed by atoms with Gasteiger partial charge in [-0.05, 0) is 51.3 Å². The number of carbonyl (C=O) groups excluding carboxylic acids is 2. The van der Waals surface area contributed by atoms with Crippen LogP contribution in [0.3, 0.4) is 0 Å². The van der Waals surface area contributed by atoms with E-state index >= 15 is 0 Å². The molecule has 0 radical (unpaired) electrons. The maximum Gasteiger partial charge on any atom is 0.327 e. The van der Waals surface area contributed by atoms with E-state index in [1.807, 2.05) is 30.3 Å². The number of phenolic OH excluding ortho intramolecular Hbond substituents is 1. The number of rotatable bonds is 7. The van der Waals surface area contributed by atoms with Gasteiger partial charge in [0, 0.05) is 15.9 Å². The van der Waals surface area contributed by atoms with Crippen molar-refractivity contribution in [3.8, 4) is 5.75 Å². The Morgan fingerprint density at radius 1 is 1.15 bits per heavy atom. The molecule has 3 atom stereocenters. The number of hydrogen-bond donors (Lipinski definition) is 4. The van der Waals surface area contributed by atoms with E-state index in [0.717, 1.165) is 10.5 Å². The highest BCUT2D eigenvalue weighted by atomic mass is 32.2. The zero-order chi connectivity index (χ0) is 25.2. The lowest BCUT2D eigenvalue weighted by Gasteiger charge is -2.31. The highest BCUT2D eigenvalue weighted by Crippen LogP contribution is 2.39. The molecular weight excluding hydrogens is 456 g/mol. The molecular formula is C25H30N2O6S. The van der Waals surface area contributed by atoms with Crippen LogP contribution < -0.4 is 5.32 Å². The third kappa shape index (κ3) is 5.20. The summed E-state index contributed by atoms with van der Waals surface area (Å²) in [6.07, 6.45) is -1.52. The minimum Gasteiger partial charge on any atom is -0.507 e. The highest BCUT2D eigenvalue weighted by Gasteiger charge is 2.50. The molecule has 9 heteroatoms. The topological polar surface area (TPSA) is 127 Å². The van der Waals surface area contributed by atoms with Gasteiger partial charge in [0.15, 0.2) is 6.10 Å². The fourth-order valence-electron chi connectivity index (χ4n) is 4.17. The Labute approximate surface area is 203 Å². The summed E-state index contributed by atoms with van der Waals surface area (Å²) in [6, 6.07) is 10.1. The molecule has 4 N–H and O–H groups in total. The molecule has 0 spiro atoms. The standard InChI is InChI=1S/C25H30N2O6S/c1-14-10-11-17(15(2)19(14)28)22(30)26-18(12-16-8-6-5-7-9-16)20(29)23(31)27-13-34-25(3,4)21(27)24(32)33/h5-11,18,20-21,28-29H,12-13H2,1-4H3,(H,26,30)(H,32,33). The van der Waals surface area contributed by atoms with Crippen molar-refractivity contribution >= 4 is 29.5 Å². The molecule has 1 saturated heterocycles. The van der Waals surface area contributed by atoms with Crippen LogP contribution in [0.5, 0.6) is 5.75 Å². The average Bonchev–Trinajstić information content (AvgIpc) is 3.11. The molecule has 1 aliphatic rings. The van der Waals surface area contributed by atoms with E-state index in [1.54, 1.807) is 39.8 Å². The van der Waals surface area contributed by atoms with Gasteiger partial charge >= 0.3 is 5.97 Å². The van der Waals surface area contributed by atoms with Gasteiger partial charge in [-0.15, -0.1) is 11.8 Å². The number of amides is 2. The number of aliphatic hydroxyl groups is 1. The van der Waals surface area contributed by atoms with E-state index in [2.05, 4.69) is 5.32 Å². The molecule has 182 valence electrons. The number of carboxylic acid groups (broad SMARTS) is 1. The van der Waals surface area contributed by atoms with E-state index in [-0.39, 0.29) is 23.6 Å². The number of nitrogens with zero attached hydrogens (tertiary/aromatic N) is 1. The molecule has 0 saturated carbocycles. The summed E-state index contributed by atoms with van der Waals surface area (Å²) in [5, 5.41) is 33.8. The second-order valence-electron chi connectivity index (χ2n) is 9.04. The summed E-state index contributed by atoms with van der Waals surface area (Å²) in [5.74, 6) is -2.33. The summed E-state index contributed by atoms with van der Waals surface area (Å²) in [4.78, 5) is 39.4. The van der Waals surface area contributed by atoms with Crippen molar-refractivity contribution < 1.29 is 29.7 Å². The number of carboxylic acids is 1. The molecule has 0 aromatic heterocycles. The van der Waals surface area contributed by atoms with Crippen LogP contribution in [-0.2, 0) is 16.0 Å². The van der Waals surface area contributed by atoms with Crippen LogP contribution in [0.4, 0.5) is 0 Å². The maximum absolute atomic E-state index is 13.3. The first kappa shape index (κ1) is 25.6. The number of aliphatic hydroxyl groups excluding tert-OH is 1. The first-order valence-corrected chi connectivity index (χ1v) is 11.9. The van der Waals surface area contributed by atoms with Crippen molar-refractivity contribution in [3.05, 3.63) is 64.7 Å². The Bertz CT molecular complexity index is 1090. The molecule has 3 rings (SSSR count). The van der Waals surface area contributed by atoms with Gasteiger partial charge < -0.3 is 25.5 Å². The van der Waals surface area contributed by atoms with Crippen LogP contribution in [0.1, 0.15) is 40.9 Å². The number of aromatic hydroxyl groups is 1. The van der Waals surface area contributed by atoms with E-state index in [9.17, 15) is 29.7 Å². The third-order valence-corrected chi connectivity index (χ3v) is 7.56. The minimum absolute atomic E-state index is 0.00417. The number of aryl methyl sites for hydroxylation is 1. The number of benzene rings is 2. The minimum atomic E-state index is -1.67. The van der Waals surface area contributed by atoms with Gasteiger partial charge in [-0.2, -0.15) is 0 Å². The highest BCUT2D eigenvalue weighted by molar-refractivity contribution is 8.00. The number of carbonyl (C=O) groups is 3. The Kier molecular flexibility index (Phi) is 7.57. The predicted molar refractivity (Wildman–Crippen MR) is 130 cm³/mol. The van der Waals surface area contributed by atoms with Crippen LogP contribution in [-0.4, -0.2) is 66.8 Å². The lowest BCUT2D eigenvalue weighted by Crippen LogP contribution is -2.57. The molecule has 8 nitrogen and oxygen atoms in total. The summed E-state index contributed by atoms with van der Waals surface area (Å²) < 4.78 is -0.726. The SMILES string of the molecule is Cc1ccc(C(=O)NC(Cc2ccccc2)C(O)C(=O)N2CSC(C)(C)C2C(=O)O)c(C)c1O. The molecule has 1 heterocycles. The summed E-state index contributed by atoms with van der Waals surface area (Å²) in [5.41, 5.74) is 2.02. The average molecular weight is 487 g/mol. The second-order valence-corrected chi connectivity index (χ2v) is 10.6. The van der Waals surface area contributed by atoms with Crippen LogP contribution >= 0.6 is 11.8 Å². The molecule has 3 unspecified atom stereocenters. The van der Waals surface area contributed by atoms with Crippen LogP contribution in [0, 0.1) is 13.8 Å². The third-order valence-electron chi connectivity index (χ3n) is 6.19. The Morgan fingerprint density at radius 3 is 2.41 bits per heavy atom. The fourth-order valence-corrected chi connectivity index (χ4v) is 5.30. The summed E-state index contributed by atoms with van der Waals surface area (Å²) in [7, 11) is 0. The van der Waals surface area contributed by atoms with Gasteiger partial charge in [0.2, 0.25) is 0 Å². The largest absolute Gasteiger partial charge is 0.507 e. The lowest BCUT2D eigenvalue weighted by molar-refractivity contribution is -0.154. The zero-order valence-electron chi connectivity index (χ0n) is 19.6. The Hall–Kier alpha value is -3.04. The second kappa shape index (κ2) is 10.1. The van der Waals surface area contributed by atoms with Crippen LogP contribution in [0.2, 0.25) is 0 Å². The number of thioether (sulfide) groups is 1. The van der Waals surface area contributed by atoms with E-state index in [0.29, 0.717) is 11.1 Å². The first-order chi connectivity index (χ1) is 15.9. The molecule has 2 aromatic rings. The number of aliphatic carboxylic acids is 1. The molecule has 2 amide bonds. The molecule has 0 bridgehead atoms. The molecule has 0 aliphatic carbocycles. The number of phenols is 1. The van der Waals surface area contributed by atoms with E-state index in [4.69, 9.17) is 0 Å².